The highest BCUT2D eigenvalue weighted by molar-refractivity contribution is 5.80. The van der Waals surface area contributed by atoms with Gasteiger partial charge in [0, 0.05) is 32.6 Å². The van der Waals surface area contributed by atoms with E-state index in [0.29, 0.717) is 43.4 Å². The zero-order chi connectivity index (χ0) is 31.4. The van der Waals surface area contributed by atoms with Gasteiger partial charge < -0.3 is 19.5 Å². The van der Waals surface area contributed by atoms with Gasteiger partial charge in [0.25, 0.3) is 5.56 Å². The maximum absolute atomic E-state index is 14.0. The molecule has 1 aromatic carbocycles. The fraction of sp³-hybridized carbons (Fsp3) is 0.464. The molecule has 1 saturated heterocycles. The lowest BCUT2D eigenvalue weighted by Crippen LogP contribution is -2.51. The van der Waals surface area contributed by atoms with Gasteiger partial charge in [-0.05, 0) is 24.6 Å². The maximum Gasteiger partial charge on any atom is 0.435 e. The van der Waals surface area contributed by atoms with Gasteiger partial charge in [0.15, 0.2) is 11.5 Å². The smallest absolute Gasteiger partial charge is 0.435 e. The highest BCUT2D eigenvalue weighted by Gasteiger charge is 2.39. The third-order valence-electron chi connectivity index (χ3n) is 7.40. The van der Waals surface area contributed by atoms with Crippen molar-refractivity contribution in [1.29, 1.82) is 0 Å². The van der Waals surface area contributed by atoms with Gasteiger partial charge in [-0.2, -0.15) is 23.4 Å². The number of ether oxygens (including phenoxy) is 2. The minimum Gasteiger partial charge on any atom is -0.497 e. The number of alkyl halides is 3. The van der Waals surface area contributed by atoms with E-state index in [9.17, 15) is 27.5 Å². The molecule has 0 amide bonds. The van der Waals surface area contributed by atoms with Crippen LogP contribution in [0.15, 0.2) is 47.7 Å². The van der Waals surface area contributed by atoms with E-state index in [2.05, 4.69) is 20.2 Å². The summed E-state index contributed by atoms with van der Waals surface area (Å²) in [6.45, 7) is 3.88. The molecular weight excluding hydrogens is 588 g/mol. The minimum absolute atomic E-state index is 0.00852. The fourth-order valence-corrected chi connectivity index (χ4v) is 5.02. The molecule has 2 unspecified atom stereocenters. The lowest BCUT2D eigenvalue weighted by molar-refractivity contribution is -0.140. The number of aromatic nitrogens is 6. The summed E-state index contributed by atoms with van der Waals surface area (Å²) in [4.78, 5) is 24.9. The third-order valence-corrected chi connectivity index (χ3v) is 7.40. The summed E-state index contributed by atoms with van der Waals surface area (Å²) in [5.74, 6) is 0.510. The molecule has 2 atom stereocenters. The molecule has 0 aliphatic carbocycles. The van der Waals surface area contributed by atoms with Crippen LogP contribution < -0.4 is 15.2 Å². The Labute approximate surface area is 249 Å². The number of methoxy groups -OCH3 is 1. The van der Waals surface area contributed by atoms with E-state index in [1.54, 1.807) is 31.2 Å². The molecule has 1 fully saturated rings. The van der Waals surface area contributed by atoms with Crippen LogP contribution in [0.1, 0.15) is 30.6 Å². The summed E-state index contributed by atoms with van der Waals surface area (Å²) in [5.41, 5.74) is -1.57. The number of rotatable bonds is 11. The van der Waals surface area contributed by atoms with Gasteiger partial charge in [-0.1, -0.05) is 12.1 Å². The number of halogens is 4. The summed E-state index contributed by atoms with van der Waals surface area (Å²) in [6, 6.07) is 6.10. The van der Waals surface area contributed by atoms with E-state index in [1.165, 1.54) is 13.3 Å². The highest BCUT2D eigenvalue weighted by Crippen LogP contribution is 2.33. The molecule has 0 radical (unpaired) electrons. The Hall–Kier alpha value is -4.15. The molecule has 3 aromatic heterocycles. The van der Waals surface area contributed by atoms with Crippen LogP contribution >= 0.6 is 0 Å². The normalized spacial score (nSPS) is 15.9. The van der Waals surface area contributed by atoms with Crippen LogP contribution in [0.2, 0.25) is 0 Å². The summed E-state index contributed by atoms with van der Waals surface area (Å²) in [7, 11) is 1.51. The predicted molar refractivity (Wildman–Crippen MR) is 151 cm³/mol. The summed E-state index contributed by atoms with van der Waals surface area (Å²) in [5, 5.41) is 17.9. The molecule has 5 rings (SSSR count). The molecule has 1 N–H and O–H groups in total. The van der Waals surface area contributed by atoms with Crippen molar-refractivity contribution in [3.63, 3.8) is 0 Å². The van der Waals surface area contributed by atoms with Crippen molar-refractivity contribution in [2.45, 2.75) is 38.3 Å². The number of aliphatic hydroxyl groups excluding tert-OH is 1. The topological polar surface area (TPSA) is 124 Å². The van der Waals surface area contributed by atoms with Crippen LogP contribution in [0.25, 0.3) is 10.9 Å². The molecule has 4 aromatic rings. The Bertz CT molecular complexity index is 1600. The van der Waals surface area contributed by atoms with Crippen molar-refractivity contribution in [2.24, 2.45) is 0 Å². The summed E-state index contributed by atoms with van der Waals surface area (Å²) >= 11 is 0. The number of fused-ring (bicyclic) bond motifs is 1. The number of piperazine rings is 1. The van der Waals surface area contributed by atoms with Crippen molar-refractivity contribution in [2.75, 3.05) is 51.4 Å². The van der Waals surface area contributed by atoms with E-state index in [0.717, 1.165) is 21.8 Å². The van der Waals surface area contributed by atoms with Gasteiger partial charge in [-0.3, -0.25) is 14.4 Å². The SMILES string of the molecule is COc1ccc(Cn2ncc3c(c(C(F)(F)F)nn3C(C)COCCC(O)N3CCN(c4ncc(F)cn4)CC3)c2=O)cc1. The van der Waals surface area contributed by atoms with Crippen molar-refractivity contribution < 1.29 is 32.1 Å². The second kappa shape index (κ2) is 13.2. The fourth-order valence-electron chi connectivity index (χ4n) is 5.02. The summed E-state index contributed by atoms with van der Waals surface area (Å²) in [6.07, 6.45) is -1.97. The molecule has 236 valence electrons. The molecule has 1 aliphatic heterocycles. The first kappa shape index (κ1) is 31.3. The van der Waals surface area contributed by atoms with Crippen LogP contribution in [-0.2, 0) is 17.5 Å². The quantitative estimate of drug-likeness (QED) is 0.198. The zero-order valence-corrected chi connectivity index (χ0v) is 24.1. The number of aliphatic hydroxyl groups is 1. The van der Waals surface area contributed by atoms with Crippen molar-refractivity contribution in [1.82, 2.24) is 34.4 Å². The second-order valence-corrected chi connectivity index (χ2v) is 10.4. The van der Waals surface area contributed by atoms with Gasteiger partial charge in [0.2, 0.25) is 5.95 Å². The van der Waals surface area contributed by atoms with E-state index >= 15 is 0 Å². The van der Waals surface area contributed by atoms with E-state index in [1.807, 2.05) is 9.80 Å². The van der Waals surface area contributed by atoms with E-state index < -0.39 is 40.9 Å². The predicted octanol–water partition coefficient (Wildman–Crippen LogP) is 2.71. The van der Waals surface area contributed by atoms with Crippen LogP contribution in [0.4, 0.5) is 23.5 Å². The molecule has 1 aliphatic rings. The van der Waals surface area contributed by atoms with Gasteiger partial charge >= 0.3 is 6.18 Å². The van der Waals surface area contributed by atoms with Crippen molar-refractivity contribution in [3.05, 3.63) is 70.3 Å². The average Bonchev–Trinajstić information content (AvgIpc) is 3.43. The molecule has 4 heterocycles. The molecule has 0 spiro atoms. The first-order valence-electron chi connectivity index (χ1n) is 14.0. The average molecular weight is 621 g/mol. The zero-order valence-electron chi connectivity index (χ0n) is 24.1. The Morgan fingerprint density at radius 1 is 1.05 bits per heavy atom. The lowest BCUT2D eigenvalue weighted by atomic mass is 10.2. The van der Waals surface area contributed by atoms with Gasteiger partial charge in [0.1, 0.15) is 17.4 Å². The van der Waals surface area contributed by atoms with Crippen LogP contribution in [0.5, 0.6) is 5.75 Å². The molecule has 16 heteroatoms. The second-order valence-electron chi connectivity index (χ2n) is 10.4. The molecule has 0 bridgehead atoms. The van der Waals surface area contributed by atoms with Crippen LogP contribution in [0, 0.1) is 5.82 Å². The highest BCUT2D eigenvalue weighted by atomic mass is 19.4. The Morgan fingerprint density at radius 3 is 2.36 bits per heavy atom. The Balaban J connectivity index is 1.19. The first-order valence-corrected chi connectivity index (χ1v) is 14.0. The van der Waals surface area contributed by atoms with Crippen LogP contribution in [-0.4, -0.2) is 92.3 Å². The maximum atomic E-state index is 14.0. The largest absolute Gasteiger partial charge is 0.497 e. The third kappa shape index (κ3) is 6.97. The first-order chi connectivity index (χ1) is 21.0. The number of anilines is 1. The molecule has 44 heavy (non-hydrogen) atoms. The number of hydrogen-bond acceptors (Lipinski definition) is 10. The summed E-state index contributed by atoms with van der Waals surface area (Å²) < 4.78 is 67.9. The van der Waals surface area contributed by atoms with Crippen LogP contribution in [0.3, 0.4) is 0 Å². The van der Waals surface area contributed by atoms with E-state index in [4.69, 9.17) is 9.47 Å². The minimum atomic E-state index is -4.86. The van der Waals surface area contributed by atoms with Gasteiger partial charge in [-0.15, -0.1) is 0 Å². The Kier molecular flexibility index (Phi) is 9.41. The van der Waals surface area contributed by atoms with Gasteiger partial charge in [-0.25, -0.2) is 19.0 Å². The lowest BCUT2D eigenvalue weighted by Gasteiger charge is -2.37. The number of nitrogens with zero attached hydrogens (tertiary/aromatic N) is 8. The molecular formula is C28H32F4N8O4. The molecule has 12 nitrogen and oxygen atoms in total. The molecule has 0 saturated carbocycles. The number of hydrogen-bond donors (Lipinski definition) is 1. The Morgan fingerprint density at radius 2 is 1.73 bits per heavy atom. The van der Waals surface area contributed by atoms with Crippen molar-refractivity contribution >= 4 is 16.9 Å². The van der Waals surface area contributed by atoms with E-state index in [-0.39, 0.29) is 31.7 Å². The standard InChI is InChI=1S/C28H32F4N8O4/c1-18(17-44-12-7-23(41)37-8-10-38(11-9-37)27-33-13-20(29)14-34-27)40-22-15-35-39(16-19-3-5-21(43-2)6-4-19)26(42)24(22)25(36-40)28(30,31)32/h3-6,13-15,18,23,41H,7-12,16-17H2,1-2H3. The number of benzene rings is 1. The van der Waals surface area contributed by atoms with Gasteiger partial charge in [0.05, 0.1) is 57.0 Å². The monoisotopic (exact) mass is 620 g/mol. The van der Waals surface area contributed by atoms with Crippen molar-refractivity contribution in [3.8, 4) is 5.75 Å².